The van der Waals surface area contributed by atoms with Crippen LogP contribution in [0.5, 0.6) is 0 Å². The molecule has 0 aromatic carbocycles. The van der Waals surface area contributed by atoms with Crippen LogP contribution in [0.1, 0.15) is 0 Å². The lowest BCUT2D eigenvalue weighted by Gasteiger charge is -2.29. The zero-order chi connectivity index (χ0) is 9.56. The van der Waals surface area contributed by atoms with E-state index in [0.29, 0.717) is 0 Å². The Morgan fingerprint density at radius 2 is 1.33 bits per heavy atom. The molecule has 12 heavy (non-hydrogen) atoms. The molecule has 0 amide bonds. The molecule has 6 nitrogen and oxygen atoms in total. The van der Waals surface area contributed by atoms with Crippen molar-refractivity contribution >= 4 is 0 Å². The second kappa shape index (κ2) is 6.30. The maximum Gasteiger partial charge on any atom is 0.132 e. The topological polar surface area (TPSA) is 104 Å². The molecule has 0 spiro atoms. The van der Waals surface area contributed by atoms with Crippen LogP contribution in [0.25, 0.3) is 0 Å². The quantitative estimate of drug-likeness (QED) is 0.278. The lowest BCUT2D eigenvalue weighted by molar-refractivity contribution is -0.137. The molecule has 0 bridgehead atoms. The molecule has 2 unspecified atom stereocenters. The Bertz CT molecular complexity index is 102. The minimum atomic E-state index is -1.26. The summed E-state index contributed by atoms with van der Waals surface area (Å²) in [7, 11) is 0. The van der Waals surface area contributed by atoms with Gasteiger partial charge in [0.05, 0.1) is 19.8 Å². The van der Waals surface area contributed by atoms with Gasteiger partial charge in [-0.15, -0.1) is 0 Å². The summed E-state index contributed by atoms with van der Waals surface area (Å²) in [4.78, 5) is 0.986. The Morgan fingerprint density at radius 1 is 0.917 bits per heavy atom. The third-order valence-electron chi connectivity index (χ3n) is 1.45. The van der Waals surface area contributed by atoms with E-state index >= 15 is 0 Å². The fourth-order valence-electron chi connectivity index (χ4n) is 0.822. The molecule has 74 valence electrons. The number of aliphatic hydroxyl groups excluding tert-OH is 5. The summed E-state index contributed by atoms with van der Waals surface area (Å²) in [5.74, 6) is 0. The van der Waals surface area contributed by atoms with Gasteiger partial charge in [-0.2, -0.15) is 0 Å². The second-order valence-electron chi connectivity index (χ2n) is 2.29. The highest BCUT2D eigenvalue weighted by molar-refractivity contribution is 4.63. The van der Waals surface area contributed by atoms with E-state index in [1.165, 1.54) is 0 Å². The van der Waals surface area contributed by atoms with Gasteiger partial charge in [-0.3, -0.25) is 0 Å². The summed E-state index contributed by atoms with van der Waals surface area (Å²) in [6.45, 7) is -1.40. The zero-order valence-electron chi connectivity index (χ0n) is 6.67. The monoisotopic (exact) mass is 181 g/mol. The molecule has 0 rings (SSSR count). The first kappa shape index (κ1) is 11.8. The van der Waals surface area contributed by atoms with Gasteiger partial charge in [-0.05, 0) is 0 Å². The maximum absolute atomic E-state index is 9.04. The van der Waals surface area contributed by atoms with Crippen molar-refractivity contribution in [3.63, 3.8) is 0 Å². The molecule has 0 aromatic heterocycles. The van der Waals surface area contributed by atoms with Gasteiger partial charge in [0.15, 0.2) is 0 Å². The van der Waals surface area contributed by atoms with Crippen LogP contribution < -0.4 is 0 Å². The summed E-state index contributed by atoms with van der Waals surface area (Å²) in [6.07, 6.45) is -2.53. The van der Waals surface area contributed by atoms with E-state index in [1.54, 1.807) is 0 Å². The number of hydrogen-bond donors (Lipinski definition) is 5. The minimum absolute atomic E-state index is 0.0105. The van der Waals surface area contributed by atoms with Gasteiger partial charge >= 0.3 is 0 Å². The van der Waals surface area contributed by atoms with Gasteiger partial charge in [0, 0.05) is 6.54 Å². The van der Waals surface area contributed by atoms with E-state index in [-0.39, 0.29) is 13.2 Å². The highest BCUT2D eigenvalue weighted by Crippen LogP contribution is 1.99. The molecule has 5 N–H and O–H groups in total. The van der Waals surface area contributed by atoms with E-state index in [1.807, 2.05) is 0 Å². The summed E-state index contributed by atoms with van der Waals surface area (Å²) >= 11 is 0. The third kappa shape index (κ3) is 3.44. The summed E-state index contributed by atoms with van der Waals surface area (Å²) < 4.78 is 0. The van der Waals surface area contributed by atoms with Crippen LogP contribution in [-0.2, 0) is 0 Å². The lowest BCUT2D eigenvalue weighted by atomic mass is 10.4. The van der Waals surface area contributed by atoms with Crippen LogP contribution in [0.2, 0.25) is 0 Å². The van der Waals surface area contributed by atoms with Crippen molar-refractivity contribution in [1.29, 1.82) is 0 Å². The van der Waals surface area contributed by atoms with Crippen molar-refractivity contribution < 1.29 is 25.5 Å². The van der Waals surface area contributed by atoms with E-state index in [9.17, 15) is 0 Å². The molecule has 0 saturated carbocycles. The number of hydrogen-bond acceptors (Lipinski definition) is 6. The molecule has 0 heterocycles. The third-order valence-corrected chi connectivity index (χ3v) is 1.45. The van der Waals surface area contributed by atoms with Gasteiger partial charge in [0.1, 0.15) is 12.5 Å². The summed E-state index contributed by atoms with van der Waals surface area (Å²) in [5, 5.41) is 43.6. The fourth-order valence-corrected chi connectivity index (χ4v) is 0.822. The van der Waals surface area contributed by atoms with E-state index in [0.717, 1.165) is 4.90 Å². The van der Waals surface area contributed by atoms with Crippen LogP contribution in [-0.4, -0.2) is 69.3 Å². The van der Waals surface area contributed by atoms with Crippen molar-refractivity contribution in [2.24, 2.45) is 0 Å². The fraction of sp³-hybridized carbons (Fsp3) is 1.00. The van der Waals surface area contributed by atoms with Gasteiger partial charge in [-0.1, -0.05) is 0 Å². The average Bonchev–Trinajstić information content (AvgIpc) is 2.11. The Balaban J connectivity index is 4.01. The molecule has 0 aliphatic rings. The molecular formula is C6H15NO5. The van der Waals surface area contributed by atoms with E-state index in [4.69, 9.17) is 25.5 Å². The molecule has 6 heteroatoms. The predicted octanol–water partition coefficient (Wildman–Crippen LogP) is -3.10. The molecule has 0 radical (unpaired) electrons. The predicted molar refractivity (Wildman–Crippen MR) is 40.0 cm³/mol. The van der Waals surface area contributed by atoms with Crippen LogP contribution in [0.15, 0.2) is 0 Å². The van der Waals surface area contributed by atoms with Crippen LogP contribution >= 0.6 is 0 Å². The van der Waals surface area contributed by atoms with Gasteiger partial charge in [0.25, 0.3) is 0 Å². The van der Waals surface area contributed by atoms with Gasteiger partial charge in [0.2, 0.25) is 0 Å². The lowest BCUT2D eigenvalue weighted by Crippen LogP contribution is -2.48. The Hall–Kier alpha value is -0.240. The van der Waals surface area contributed by atoms with Crippen LogP contribution in [0.3, 0.4) is 0 Å². The highest BCUT2D eigenvalue weighted by Gasteiger charge is 2.20. The Morgan fingerprint density at radius 3 is 1.58 bits per heavy atom. The van der Waals surface area contributed by atoms with E-state index < -0.39 is 25.7 Å². The number of rotatable bonds is 6. The molecule has 0 saturated heterocycles. The molecule has 0 aliphatic carbocycles. The molecular weight excluding hydrogens is 166 g/mol. The van der Waals surface area contributed by atoms with Gasteiger partial charge < -0.3 is 25.5 Å². The van der Waals surface area contributed by atoms with Gasteiger partial charge in [-0.25, -0.2) is 4.90 Å². The largest absolute Gasteiger partial charge is 0.395 e. The minimum Gasteiger partial charge on any atom is -0.395 e. The molecule has 0 fully saturated rings. The second-order valence-corrected chi connectivity index (χ2v) is 2.29. The number of nitrogens with zero attached hydrogens (tertiary/aromatic N) is 1. The standard InChI is InChI=1S/C6H15NO5/c8-2-1-7(5(11)3-9)6(12)4-10/h5-6,8-12H,1-4H2. The summed E-state index contributed by atoms with van der Waals surface area (Å²) in [6, 6.07) is 0. The first-order chi connectivity index (χ1) is 5.67. The molecule has 0 aliphatic heterocycles. The van der Waals surface area contributed by atoms with Crippen molar-refractivity contribution in [1.82, 2.24) is 4.90 Å². The van der Waals surface area contributed by atoms with Crippen molar-refractivity contribution in [3.05, 3.63) is 0 Å². The average molecular weight is 181 g/mol. The van der Waals surface area contributed by atoms with Crippen molar-refractivity contribution in [2.45, 2.75) is 12.5 Å². The first-order valence-electron chi connectivity index (χ1n) is 3.61. The highest BCUT2D eigenvalue weighted by atomic mass is 16.4. The smallest absolute Gasteiger partial charge is 0.132 e. The summed E-state index contributed by atoms with van der Waals surface area (Å²) in [5.41, 5.74) is 0. The van der Waals surface area contributed by atoms with Crippen LogP contribution in [0, 0.1) is 0 Å². The SMILES string of the molecule is OCCN(C(O)CO)C(O)CO. The zero-order valence-corrected chi connectivity index (χ0v) is 6.67. The van der Waals surface area contributed by atoms with Crippen LogP contribution in [0.4, 0.5) is 0 Å². The molecule has 2 atom stereocenters. The molecule has 0 aromatic rings. The normalized spacial score (nSPS) is 16.5. The number of aliphatic hydroxyl groups is 5. The van der Waals surface area contributed by atoms with Crippen molar-refractivity contribution in [3.8, 4) is 0 Å². The first-order valence-corrected chi connectivity index (χ1v) is 3.61. The van der Waals surface area contributed by atoms with Crippen molar-refractivity contribution in [2.75, 3.05) is 26.4 Å². The van der Waals surface area contributed by atoms with E-state index in [2.05, 4.69) is 0 Å². The Labute approximate surface area is 70.3 Å². The maximum atomic E-state index is 9.04. The Kier molecular flexibility index (Phi) is 6.17.